The molecule has 0 aromatic heterocycles. The molecule has 0 amide bonds. The Kier molecular flexibility index (Phi) is 50.6. The molecule has 0 unspecified atom stereocenters. The van der Waals surface area contributed by atoms with E-state index in [2.05, 4.69) is 52.5 Å². The minimum absolute atomic E-state index is 0. The molecule has 0 aromatic rings. The molecule has 0 atom stereocenters. The first-order chi connectivity index (χ1) is 13.6. The van der Waals surface area contributed by atoms with Crippen molar-refractivity contribution in [1.82, 2.24) is 0 Å². The molecule has 0 aliphatic heterocycles. The zero-order valence-corrected chi connectivity index (χ0v) is 23.5. The molecule has 0 saturated heterocycles. The average molecular weight is 527 g/mol. The second kappa shape index (κ2) is 39.4. The van der Waals surface area contributed by atoms with Crippen LogP contribution < -0.4 is 0 Å². The Morgan fingerprint density at radius 1 is 0.586 bits per heavy atom. The third-order valence-corrected chi connectivity index (χ3v) is 4.71. The van der Waals surface area contributed by atoms with Gasteiger partial charge in [0, 0.05) is 0 Å². The average Bonchev–Trinajstić information content (AvgIpc) is 2.66. The van der Waals surface area contributed by atoms with Gasteiger partial charge in [-0.1, -0.05) is 142 Å². The standard InChI is InChI=1S/2C12H25.CH3NS2.Mo/c2*1-3-5-7-9-11-12-10-8-6-4-2;2-1(3)4;/h2*1,3-12H2,2H3;(H3,2,3,4);/q2*-1;;+3/p-1. The molecule has 0 spiro atoms. The zero-order valence-electron chi connectivity index (χ0n) is 19.8. The molecule has 0 saturated carbocycles. The van der Waals surface area contributed by atoms with Crippen molar-refractivity contribution in [2.75, 3.05) is 0 Å². The largest absolute Gasteiger partial charge is 3.00 e. The molecule has 4 heteroatoms. The van der Waals surface area contributed by atoms with Crippen LogP contribution in [-0.4, -0.2) is 4.32 Å². The fraction of sp³-hybridized carbons (Fsp3) is 0.880. The van der Waals surface area contributed by atoms with E-state index in [1.807, 2.05) is 0 Å². The van der Waals surface area contributed by atoms with E-state index in [4.69, 9.17) is 5.73 Å². The zero-order chi connectivity index (χ0) is 21.7. The van der Waals surface area contributed by atoms with Crippen LogP contribution in [0, 0.1) is 13.8 Å². The number of hydrogen-bond acceptors (Lipinski definition) is 1. The van der Waals surface area contributed by atoms with Crippen molar-refractivity contribution >= 4 is 29.2 Å². The van der Waals surface area contributed by atoms with E-state index in [0.29, 0.717) is 0 Å². The molecule has 1 N–H and O–H groups in total. The Hall–Kier alpha value is 0.928. The number of thiocarbonyl (C=S) groups is 1. The van der Waals surface area contributed by atoms with E-state index in [-0.39, 0.29) is 25.4 Å². The smallest absolute Gasteiger partial charge is 0.684 e. The molecule has 0 aliphatic carbocycles. The molecule has 175 valence electrons. The molecule has 29 heavy (non-hydrogen) atoms. The van der Waals surface area contributed by atoms with Gasteiger partial charge in [0.25, 0.3) is 0 Å². The van der Waals surface area contributed by atoms with Crippen LogP contribution >= 0.6 is 24.8 Å². The van der Waals surface area contributed by atoms with Crippen molar-refractivity contribution < 1.29 is 21.1 Å². The van der Waals surface area contributed by atoms with Crippen LogP contribution in [0.15, 0.2) is 0 Å². The van der Waals surface area contributed by atoms with Gasteiger partial charge in [0.1, 0.15) is 0 Å². The second-order valence-corrected chi connectivity index (χ2v) is 8.83. The minimum Gasteiger partial charge on any atom is -0.684 e. The van der Waals surface area contributed by atoms with Crippen LogP contribution in [0.4, 0.5) is 0 Å². The van der Waals surface area contributed by atoms with Crippen LogP contribution in [0.5, 0.6) is 0 Å². The first-order valence-corrected chi connectivity index (χ1v) is 12.9. The van der Waals surface area contributed by atoms with E-state index < -0.39 is 0 Å². The summed E-state index contributed by atoms with van der Waals surface area (Å²) in [6.45, 7) is 12.2. The maximum atomic E-state index is 6.18. The number of nitrogens with one attached hydrogen (secondary N) is 1. The van der Waals surface area contributed by atoms with E-state index in [0.717, 1.165) is 12.8 Å². The van der Waals surface area contributed by atoms with Crippen LogP contribution in [0.1, 0.15) is 142 Å². The van der Waals surface area contributed by atoms with Gasteiger partial charge < -0.3 is 19.6 Å². The summed E-state index contributed by atoms with van der Waals surface area (Å²) in [5, 5.41) is 0. The van der Waals surface area contributed by atoms with Crippen molar-refractivity contribution in [2.24, 2.45) is 0 Å². The summed E-state index contributed by atoms with van der Waals surface area (Å²) >= 11 is 7.43. The fourth-order valence-electron chi connectivity index (χ4n) is 2.97. The van der Waals surface area contributed by atoms with Gasteiger partial charge in [-0.15, -0.1) is 0 Å². The Morgan fingerprint density at radius 2 is 0.759 bits per heavy atom. The third-order valence-electron chi connectivity index (χ3n) is 4.71. The molecule has 0 heterocycles. The van der Waals surface area contributed by atoms with Gasteiger partial charge in [-0.2, -0.15) is 25.5 Å². The van der Waals surface area contributed by atoms with Gasteiger partial charge in [-0.25, -0.2) is 0 Å². The molecule has 0 aliphatic rings. The van der Waals surface area contributed by atoms with Crippen molar-refractivity contribution in [3.05, 3.63) is 19.6 Å². The van der Waals surface area contributed by atoms with Gasteiger partial charge in [0.05, 0.1) is 0 Å². The maximum Gasteiger partial charge on any atom is 3.00 e. The third kappa shape index (κ3) is 58.5. The summed E-state index contributed by atoms with van der Waals surface area (Å²) in [4.78, 5) is 0. The van der Waals surface area contributed by atoms with Crippen molar-refractivity contribution in [1.29, 1.82) is 0 Å². The molecule has 0 fully saturated rings. The maximum absolute atomic E-state index is 6.18. The molecule has 0 bridgehead atoms. The van der Waals surface area contributed by atoms with Crippen LogP contribution in [0.3, 0.4) is 0 Å². The van der Waals surface area contributed by atoms with Crippen molar-refractivity contribution in [2.45, 2.75) is 142 Å². The summed E-state index contributed by atoms with van der Waals surface area (Å²) in [7, 11) is 0. The van der Waals surface area contributed by atoms with Gasteiger partial charge in [0.2, 0.25) is 0 Å². The van der Waals surface area contributed by atoms with Crippen LogP contribution in [0.2, 0.25) is 0 Å². The van der Waals surface area contributed by atoms with Crippen LogP contribution in [0.25, 0.3) is 5.73 Å². The van der Waals surface area contributed by atoms with Gasteiger partial charge in [-0.3, -0.25) is 0 Å². The molecule has 1 nitrogen and oxygen atoms in total. The molecular weight excluding hydrogens is 474 g/mol. The summed E-state index contributed by atoms with van der Waals surface area (Å²) in [5.74, 6) is 0. The van der Waals surface area contributed by atoms with Crippen molar-refractivity contribution in [3.63, 3.8) is 0 Å². The van der Waals surface area contributed by atoms with E-state index >= 15 is 0 Å². The fourth-order valence-corrected chi connectivity index (χ4v) is 2.97. The predicted octanol–water partition coefficient (Wildman–Crippen LogP) is 10.7. The summed E-state index contributed by atoms with van der Waals surface area (Å²) < 4.78 is -0.0556. The number of unbranched alkanes of at least 4 members (excludes halogenated alkanes) is 18. The molecule has 0 rings (SSSR count). The predicted molar refractivity (Wildman–Crippen MR) is 140 cm³/mol. The Balaban J connectivity index is -0.000000177. The van der Waals surface area contributed by atoms with E-state index in [9.17, 15) is 0 Å². The second-order valence-electron chi connectivity index (χ2n) is 7.67. The van der Waals surface area contributed by atoms with Crippen molar-refractivity contribution in [3.8, 4) is 0 Å². The topological polar surface area (TPSA) is 23.8 Å². The van der Waals surface area contributed by atoms with E-state index in [1.54, 1.807) is 0 Å². The number of hydrogen-bond donors (Lipinski definition) is 1. The van der Waals surface area contributed by atoms with Gasteiger partial charge >= 0.3 is 21.1 Å². The first-order valence-electron chi connectivity index (χ1n) is 12.1. The molecule has 0 aromatic carbocycles. The first kappa shape index (κ1) is 37.3. The number of thiol groups is 1. The quantitative estimate of drug-likeness (QED) is 0.0620. The molecule has 1 radical (unpaired) electrons. The SMILES string of the molecule is [CH2-]CCCCCCCCCCC.[CH2-]CCCCCCCCCCC.[Mo+3].[NH-]C(=S)S. The van der Waals surface area contributed by atoms with Gasteiger partial charge in [0.15, 0.2) is 0 Å². The summed E-state index contributed by atoms with van der Waals surface area (Å²) in [5.41, 5.74) is 6.18. The summed E-state index contributed by atoms with van der Waals surface area (Å²) in [6.07, 6.45) is 27.8. The Bertz CT molecular complexity index is 219. The van der Waals surface area contributed by atoms with Gasteiger partial charge in [-0.05, 0) is 4.32 Å². The summed E-state index contributed by atoms with van der Waals surface area (Å²) in [6, 6.07) is 0. The molecular formula is C25H52MoNS2. The monoisotopic (exact) mass is 528 g/mol. The normalized spacial score (nSPS) is 9.55. The van der Waals surface area contributed by atoms with E-state index in [1.165, 1.54) is 116 Å². The number of rotatable bonds is 18. The minimum atomic E-state index is -0.0556. The Morgan fingerprint density at radius 3 is 0.931 bits per heavy atom. The Labute approximate surface area is 211 Å². The van der Waals surface area contributed by atoms with Crippen LogP contribution in [-0.2, 0) is 21.1 Å².